The molecule has 1 N–H and O–H groups in total. The molecule has 2 rings (SSSR count). The summed E-state index contributed by atoms with van der Waals surface area (Å²) < 4.78 is 18.0. The van der Waals surface area contributed by atoms with Crippen LogP contribution < -0.4 is 5.32 Å². The lowest BCUT2D eigenvalue weighted by atomic mass is 10.3. The Balaban J connectivity index is 2.49. The summed E-state index contributed by atoms with van der Waals surface area (Å²) in [5.41, 5.74) is 1.13. The first-order valence-corrected chi connectivity index (χ1v) is 4.09. The summed E-state index contributed by atoms with van der Waals surface area (Å²) in [7, 11) is 0. The maximum atomic E-state index is 12.7. The third-order valence-electron chi connectivity index (χ3n) is 1.68. The number of benzene rings is 1. The molecule has 0 radical (unpaired) electrons. The summed E-state index contributed by atoms with van der Waals surface area (Å²) >= 11 is 0. The third kappa shape index (κ3) is 1.47. The molecule has 0 aliphatic heterocycles. The topological polar surface area (TPSA) is 38.1 Å². The number of fused-ring (bicyclic) bond motifs is 1. The molecule has 0 fully saturated rings. The largest absolute Gasteiger partial charge is 0.423 e. The molecule has 4 heteroatoms. The highest BCUT2D eigenvalue weighted by molar-refractivity contribution is 5.74. The van der Waals surface area contributed by atoms with E-state index in [-0.39, 0.29) is 5.82 Å². The maximum absolute atomic E-state index is 12.7. The predicted octanol–water partition coefficient (Wildman–Crippen LogP) is 2.40. The Labute approximate surface area is 74.6 Å². The second-order valence-corrected chi connectivity index (χ2v) is 2.66. The normalized spacial score (nSPS) is 10.6. The molecule has 68 valence electrons. The van der Waals surface area contributed by atoms with E-state index >= 15 is 0 Å². The van der Waals surface area contributed by atoms with Gasteiger partial charge in [-0.3, -0.25) is 0 Å². The second-order valence-electron chi connectivity index (χ2n) is 2.66. The van der Waals surface area contributed by atoms with Crippen molar-refractivity contribution in [3.8, 4) is 0 Å². The standard InChI is InChI=1S/C9H9FN2O/c1-2-11-9-12-7-4-3-6(10)5-8(7)13-9/h3-5H,2H2,1H3,(H,11,12). The summed E-state index contributed by atoms with van der Waals surface area (Å²) in [6.07, 6.45) is 0. The Morgan fingerprint density at radius 2 is 2.38 bits per heavy atom. The van der Waals surface area contributed by atoms with Crippen molar-refractivity contribution in [1.29, 1.82) is 0 Å². The number of aromatic nitrogens is 1. The lowest BCUT2D eigenvalue weighted by molar-refractivity contribution is 0.600. The molecule has 2 aromatic rings. The summed E-state index contributed by atoms with van der Waals surface area (Å²) in [5.74, 6) is -0.313. The molecular formula is C9H9FN2O. The summed E-state index contributed by atoms with van der Waals surface area (Å²) in [5, 5.41) is 2.92. The lowest BCUT2D eigenvalue weighted by Crippen LogP contribution is -1.95. The Morgan fingerprint density at radius 3 is 3.15 bits per heavy atom. The van der Waals surface area contributed by atoms with Gasteiger partial charge in [-0.05, 0) is 19.1 Å². The van der Waals surface area contributed by atoms with E-state index in [9.17, 15) is 4.39 Å². The van der Waals surface area contributed by atoms with Crippen LogP contribution in [0.4, 0.5) is 10.4 Å². The molecule has 1 aromatic carbocycles. The molecule has 0 atom stereocenters. The van der Waals surface area contributed by atoms with Gasteiger partial charge in [0.15, 0.2) is 5.58 Å². The predicted molar refractivity (Wildman–Crippen MR) is 48.1 cm³/mol. The zero-order valence-electron chi connectivity index (χ0n) is 7.17. The van der Waals surface area contributed by atoms with Gasteiger partial charge in [0.05, 0.1) is 0 Å². The van der Waals surface area contributed by atoms with E-state index in [1.807, 2.05) is 6.92 Å². The lowest BCUT2D eigenvalue weighted by Gasteiger charge is -1.91. The number of anilines is 1. The van der Waals surface area contributed by atoms with Crippen molar-refractivity contribution in [2.24, 2.45) is 0 Å². The first kappa shape index (κ1) is 8.04. The Morgan fingerprint density at radius 1 is 1.54 bits per heavy atom. The zero-order chi connectivity index (χ0) is 9.26. The smallest absolute Gasteiger partial charge is 0.295 e. The van der Waals surface area contributed by atoms with Gasteiger partial charge in [-0.1, -0.05) is 0 Å². The van der Waals surface area contributed by atoms with Crippen molar-refractivity contribution in [2.45, 2.75) is 6.92 Å². The van der Waals surface area contributed by atoms with Gasteiger partial charge >= 0.3 is 0 Å². The number of hydrogen-bond acceptors (Lipinski definition) is 3. The van der Waals surface area contributed by atoms with Crippen molar-refractivity contribution in [1.82, 2.24) is 4.98 Å². The van der Waals surface area contributed by atoms with Crippen LogP contribution in [0.5, 0.6) is 0 Å². The molecule has 0 aliphatic carbocycles. The summed E-state index contributed by atoms with van der Waals surface area (Å²) in [6, 6.07) is 4.71. The Bertz CT molecular complexity index is 424. The van der Waals surface area contributed by atoms with Crippen LogP contribution in [0.3, 0.4) is 0 Å². The highest BCUT2D eigenvalue weighted by atomic mass is 19.1. The van der Waals surface area contributed by atoms with E-state index in [1.165, 1.54) is 12.1 Å². The molecule has 13 heavy (non-hydrogen) atoms. The fourth-order valence-electron chi connectivity index (χ4n) is 1.13. The average molecular weight is 180 g/mol. The van der Waals surface area contributed by atoms with E-state index in [1.54, 1.807) is 6.07 Å². The molecule has 0 saturated carbocycles. The van der Waals surface area contributed by atoms with Gasteiger partial charge in [0.2, 0.25) is 0 Å². The number of nitrogens with one attached hydrogen (secondary N) is 1. The minimum Gasteiger partial charge on any atom is -0.423 e. The number of oxazole rings is 1. The van der Waals surface area contributed by atoms with Gasteiger partial charge in [-0.25, -0.2) is 4.39 Å². The molecule has 0 bridgehead atoms. The van der Waals surface area contributed by atoms with Crippen LogP contribution in [0.1, 0.15) is 6.92 Å². The van der Waals surface area contributed by atoms with Gasteiger partial charge < -0.3 is 9.73 Å². The minimum absolute atomic E-state index is 0.313. The van der Waals surface area contributed by atoms with Crippen LogP contribution in [-0.4, -0.2) is 11.5 Å². The first-order valence-electron chi connectivity index (χ1n) is 4.09. The van der Waals surface area contributed by atoms with E-state index in [0.29, 0.717) is 17.1 Å². The van der Waals surface area contributed by atoms with E-state index in [0.717, 1.165) is 6.54 Å². The SMILES string of the molecule is CCNc1nc2ccc(F)cc2o1. The van der Waals surface area contributed by atoms with Crippen molar-refractivity contribution >= 4 is 17.1 Å². The van der Waals surface area contributed by atoms with Crippen molar-refractivity contribution < 1.29 is 8.81 Å². The van der Waals surface area contributed by atoms with E-state index in [2.05, 4.69) is 10.3 Å². The Hall–Kier alpha value is -1.58. The molecule has 3 nitrogen and oxygen atoms in total. The van der Waals surface area contributed by atoms with E-state index < -0.39 is 0 Å². The fourth-order valence-corrected chi connectivity index (χ4v) is 1.13. The van der Waals surface area contributed by atoms with Gasteiger partial charge in [0, 0.05) is 12.6 Å². The molecule has 0 aliphatic rings. The first-order chi connectivity index (χ1) is 6.29. The average Bonchev–Trinajstić information content (AvgIpc) is 2.46. The fraction of sp³-hybridized carbons (Fsp3) is 0.222. The van der Waals surface area contributed by atoms with Crippen LogP contribution in [-0.2, 0) is 0 Å². The van der Waals surface area contributed by atoms with Crippen molar-refractivity contribution in [3.63, 3.8) is 0 Å². The van der Waals surface area contributed by atoms with Crippen LogP contribution in [0, 0.1) is 5.82 Å². The molecule has 0 spiro atoms. The number of rotatable bonds is 2. The second kappa shape index (κ2) is 3.05. The zero-order valence-corrected chi connectivity index (χ0v) is 7.17. The number of halogens is 1. The third-order valence-corrected chi connectivity index (χ3v) is 1.68. The quantitative estimate of drug-likeness (QED) is 0.771. The maximum Gasteiger partial charge on any atom is 0.295 e. The van der Waals surface area contributed by atoms with Crippen LogP contribution in [0.15, 0.2) is 22.6 Å². The molecular weight excluding hydrogens is 171 g/mol. The van der Waals surface area contributed by atoms with Gasteiger partial charge in [-0.15, -0.1) is 0 Å². The van der Waals surface area contributed by atoms with Crippen molar-refractivity contribution in [3.05, 3.63) is 24.0 Å². The van der Waals surface area contributed by atoms with Gasteiger partial charge in [0.1, 0.15) is 11.3 Å². The number of hydrogen-bond donors (Lipinski definition) is 1. The summed E-state index contributed by atoms with van der Waals surface area (Å²) in [6.45, 7) is 2.67. The number of nitrogens with zero attached hydrogens (tertiary/aromatic N) is 1. The van der Waals surface area contributed by atoms with Crippen molar-refractivity contribution in [2.75, 3.05) is 11.9 Å². The summed E-state index contributed by atoms with van der Waals surface area (Å²) in [4.78, 5) is 4.10. The van der Waals surface area contributed by atoms with E-state index in [4.69, 9.17) is 4.42 Å². The van der Waals surface area contributed by atoms with Crippen LogP contribution >= 0.6 is 0 Å². The molecule has 0 amide bonds. The molecule has 1 heterocycles. The molecule has 0 unspecified atom stereocenters. The minimum atomic E-state index is -0.313. The van der Waals surface area contributed by atoms with Crippen LogP contribution in [0.25, 0.3) is 11.1 Å². The van der Waals surface area contributed by atoms with Crippen LogP contribution in [0.2, 0.25) is 0 Å². The van der Waals surface area contributed by atoms with Gasteiger partial charge in [-0.2, -0.15) is 4.98 Å². The highest BCUT2D eigenvalue weighted by Gasteiger charge is 2.04. The Kier molecular flexibility index (Phi) is 1.88. The van der Waals surface area contributed by atoms with Gasteiger partial charge in [0.25, 0.3) is 6.01 Å². The molecule has 0 saturated heterocycles. The highest BCUT2D eigenvalue weighted by Crippen LogP contribution is 2.19. The monoisotopic (exact) mass is 180 g/mol. The molecule has 1 aromatic heterocycles.